The van der Waals surface area contributed by atoms with Crippen molar-refractivity contribution < 1.29 is 9.05 Å². The average Bonchev–Trinajstić information content (AvgIpc) is 2.98. The molecule has 1 fully saturated rings. The van der Waals surface area contributed by atoms with Gasteiger partial charge in [0.2, 0.25) is 0 Å². The molecule has 1 saturated heterocycles. The van der Waals surface area contributed by atoms with Crippen LogP contribution in [-0.2, 0) is 9.05 Å². The van der Waals surface area contributed by atoms with Crippen LogP contribution in [0.3, 0.4) is 0 Å². The third-order valence-corrected chi connectivity index (χ3v) is 10.2. The Morgan fingerprint density at radius 1 is 0.520 bits per heavy atom. The van der Waals surface area contributed by atoms with E-state index in [4.69, 9.17) is 9.05 Å². The van der Waals surface area contributed by atoms with Gasteiger partial charge in [0.1, 0.15) is 0 Å². The molecule has 1 aliphatic heterocycles. The third-order valence-electron chi connectivity index (χ3n) is 5.07. The molecular formula is C22H23O2P. The average molecular weight is 350 g/mol. The van der Waals surface area contributed by atoms with E-state index < -0.39 is 7.06 Å². The topological polar surface area (TPSA) is 18.5 Å². The van der Waals surface area contributed by atoms with Gasteiger partial charge in [0.15, 0.2) is 0 Å². The molecule has 2 nitrogen and oxygen atoms in total. The number of rotatable bonds is 3. The van der Waals surface area contributed by atoms with Crippen molar-refractivity contribution in [2.24, 2.45) is 0 Å². The molecule has 3 heteroatoms. The van der Waals surface area contributed by atoms with Gasteiger partial charge in [0, 0.05) is 0 Å². The van der Waals surface area contributed by atoms with Crippen molar-refractivity contribution in [1.29, 1.82) is 0 Å². The second-order valence-electron chi connectivity index (χ2n) is 6.59. The molecule has 0 N–H and O–H groups in total. The fraction of sp³-hybridized carbons (Fsp3) is 0.182. The molecular weight excluding hydrogens is 327 g/mol. The van der Waals surface area contributed by atoms with Crippen molar-refractivity contribution in [3.05, 3.63) is 91.0 Å². The van der Waals surface area contributed by atoms with E-state index in [2.05, 4.69) is 86.6 Å². The van der Waals surface area contributed by atoms with Crippen LogP contribution in [0.5, 0.6) is 0 Å². The molecule has 0 spiro atoms. The van der Waals surface area contributed by atoms with Gasteiger partial charge in [-0.1, -0.05) is 0 Å². The van der Waals surface area contributed by atoms with Gasteiger partial charge in [-0.3, -0.25) is 0 Å². The molecule has 0 saturated carbocycles. The van der Waals surface area contributed by atoms with E-state index >= 15 is 0 Å². The zero-order valence-electron chi connectivity index (χ0n) is 14.6. The minimum atomic E-state index is -3.45. The summed E-state index contributed by atoms with van der Waals surface area (Å²) in [5.74, 6) is 0. The van der Waals surface area contributed by atoms with Crippen LogP contribution in [0, 0.1) is 0 Å². The summed E-state index contributed by atoms with van der Waals surface area (Å²) in [6.45, 7) is 4.21. The Hall–Kier alpha value is -1.99. The molecule has 0 unspecified atom stereocenters. The summed E-state index contributed by atoms with van der Waals surface area (Å²) in [7, 11) is -3.45. The molecule has 0 aromatic heterocycles. The first-order chi connectivity index (χ1) is 12.2. The summed E-state index contributed by atoms with van der Waals surface area (Å²) in [6.07, 6.45) is 0.0246. The van der Waals surface area contributed by atoms with Gasteiger partial charge < -0.3 is 0 Å². The predicted molar refractivity (Wildman–Crippen MR) is 106 cm³/mol. The fourth-order valence-corrected chi connectivity index (χ4v) is 9.17. The van der Waals surface area contributed by atoms with E-state index in [1.165, 1.54) is 0 Å². The van der Waals surface area contributed by atoms with Crippen LogP contribution in [0.2, 0.25) is 0 Å². The van der Waals surface area contributed by atoms with Crippen molar-refractivity contribution in [3.63, 3.8) is 0 Å². The van der Waals surface area contributed by atoms with Crippen LogP contribution in [0.15, 0.2) is 91.0 Å². The van der Waals surface area contributed by atoms with E-state index in [1.807, 2.05) is 18.2 Å². The van der Waals surface area contributed by atoms with Crippen molar-refractivity contribution in [1.82, 2.24) is 0 Å². The third kappa shape index (κ3) is 2.29. The second-order valence-corrected chi connectivity index (χ2v) is 10.5. The molecule has 0 bridgehead atoms. The summed E-state index contributed by atoms with van der Waals surface area (Å²) >= 11 is 0. The van der Waals surface area contributed by atoms with Crippen molar-refractivity contribution >= 4 is 23.0 Å². The molecule has 3 aromatic rings. The van der Waals surface area contributed by atoms with Gasteiger partial charge in [-0.25, -0.2) is 0 Å². The quantitative estimate of drug-likeness (QED) is 0.660. The van der Waals surface area contributed by atoms with Crippen LogP contribution in [0.1, 0.15) is 13.8 Å². The van der Waals surface area contributed by atoms with Gasteiger partial charge in [-0.15, -0.1) is 0 Å². The first-order valence-corrected chi connectivity index (χ1v) is 10.8. The van der Waals surface area contributed by atoms with Gasteiger partial charge >= 0.3 is 149 Å². The molecule has 0 radical (unpaired) electrons. The molecule has 25 heavy (non-hydrogen) atoms. The van der Waals surface area contributed by atoms with Crippen LogP contribution >= 0.6 is 7.06 Å². The number of benzene rings is 3. The standard InChI is InChI=1S/C22H23O2P/c1-18-19(2)24-25(23-18,20-12-6-3-7-13-20,21-14-8-4-9-15-21)22-16-10-5-11-17-22/h3-19H,1-2H3/t18-,19-/m1/s1. The van der Waals surface area contributed by atoms with E-state index in [0.717, 1.165) is 15.9 Å². The van der Waals surface area contributed by atoms with Crippen molar-refractivity contribution in [2.75, 3.05) is 0 Å². The molecule has 4 rings (SSSR count). The zero-order chi connectivity index (χ0) is 17.4. The molecule has 1 aliphatic rings. The summed E-state index contributed by atoms with van der Waals surface area (Å²) in [5.41, 5.74) is 0. The van der Waals surface area contributed by atoms with Gasteiger partial charge in [-0.2, -0.15) is 0 Å². The first kappa shape index (κ1) is 16.5. The van der Waals surface area contributed by atoms with Crippen molar-refractivity contribution in [3.8, 4) is 0 Å². The predicted octanol–water partition coefficient (Wildman–Crippen LogP) is 4.17. The zero-order valence-corrected chi connectivity index (χ0v) is 15.5. The Bertz CT molecular complexity index is 736. The van der Waals surface area contributed by atoms with Crippen LogP contribution < -0.4 is 15.9 Å². The van der Waals surface area contributed by atoms with E-state index in [9.17, 15) is 0 Å². The summed E-state index contributed by atoms with van der Waals surface area (Å²) < 4.78 is 13.8. The van der Waals surface area contributed by atoms with E-state index in [0.29, 0.717) is 0 Å². The molecule has 128 valence electrons. The van der Waals surface area contributed by atoms with Crippen LogP contribution in [0.4, 0.5) is 0 Å². The van der Waals surface area contributed by atoms with Crippen LogP contribution in [-0.4, -0.2) is 12.2 Å². The Labute approximate surface area is 149 Å². The molecule has 0 aliphatic carbocycles. The Morgan fingerprint density at radius 2 is 0.800 bits per heavy atom. The van der Waals surface area contributed by atoms with Crippen LogP contribution in [0.25, 0.3) is 0 Å². The summed E-state index contributed by atoms with van der Waals surface area (Å²) in [5, 5.41) is 3.34. The minimum absolute atomic E-state index is 0.0123. The second kappa shape index (κ2) is 6.07. The first-order valence-electron chi connectivity index (χ1n) is 8.73. The maximum atomic E-state index is 6.92. The molecule has 2 atom stereocenters. The monoisotopic (exact) mass is 350 g/mol. The Kier molecular flexibility index (Phi) is 4.00. The normalized spacial score (nSPS) is 25.8. The van der Waals surface area contributed by atoms with Gasteiger partial charge in [-0.05, 0) is 0 Å². The maximum absolute atomic E-state index is 6.92. The van der Waals surface area contributed by atoms with Gasteiger partial charge in [0.05, 0.1) is 0 Å². The van der Waals surface area contributed by atoms with E-state index in [-0.39, 0.29) is 12.2 Å². The van der Waals surface area contributed by atoms with E-state index in [1.54, 1.807) is 0 Å². The van der Waals surface area contributed by atoms with Gasteiger partial charge in [0.25, 0.3) is 0 Å². The fourth-order valence-electron chi connectivity index (χ4n) is 3.74. The number of hydrogen-bond acceptors (Lipinski definition) is 2. The van der Waals surface area contributed by atoms with Crippen molar-refractivity contribution in [2.45, 2.75) is 26.1 Å². The molecule has 3 aromatic carbocycles. The Morgan fingerprint density at radius 3 is 1.08 bits per heavy atom. The number of hydrogen-bond donors (Lipinski definition) is 0. The molecule has 1 heterocycles. The summed E-state index contributed by atoms with van der Waals surface area (Å²) in [4.78, 5) is 0. The Balaban J connectivity index is 2.14. The molecule has 0 amide bonds. The SMILES string of the molecule is C[C@H]1OP(c2ccccc2)(c2ccccc2)(c2ccccc2)O[C@@H]1C. The summed E-state index contributed by atoms with van der Waals surface area (Å²) in [6, 6.07) is 31.4.